The van der Waals surface area contributed by atoms with Crippen molar-refractivity contribution in [1.82, 2.24) is 9.97 Å². The van der Waals surface area contributed by atoms with Crippen LogP contribution in [0, 0.1) is 0 Å². The molecule has 0 saturated carbocycles. The first-order valence-electron chi connectivity index (χ1n) is 5.07. The van der Waals surface area contributed by atoms with Crippen LogP contribution in [0.15, 0.2) is 34.4 Å². The van der Waals surface area contributed by atoms with E-state index in [1.165, 1.54) is 11.3 Å². The maximum atomic E-state index is 11.0. The van der Waals surface area contributed by atoms with E-state index in [1.54, 1.807) is 11.3 Å². The molecule has 0 spiro atoms. The Hall–Kier alpha value is -1.66. The molecular weight excluding hydrogens is 254 g/mol. The molecule has 17 heavy (non-hydrogen) atoms. The zero-order valence-corrected chi connectivity index (χ0v) is 10.4. The molecule has 0 radical (unpaired) electrons. The van der Waals surface area contributed by atoms with Gasteiger partial charge in [-0.05, 0) is 12.1 Å². The van der Waals surface area contributed by atoms with E-state index in [0.29, 0.717) is 6.54 Å². The summed E-state index contributed by atoms with van der Waals surface area (Å²) in [5.41, 5.74) is 1.89. The van der Waals surface area contributed by atoms with Crippen LogP contribution in [0.2, 0.25) is 0 Å². The van der Waals surface area contributed by atoms with Gasteiger partial charge >= 0.3 is 4.87 Å². The largest absolute Gasteiger partial charge is 0.356 e. The Bertz CT molecular complexity index is 665. The van der Waals surface area contributed by atoms with Crippen LogP contribution in [0.5, 0.6) is 0 Å². The van der Waals surface area contributed by atoms with E-state index >= 15 is 0 Å². The third kappa shape index (κ3) is 2.22. The van der Waals surface area contributed by atoms with Crippen LogP contribution >= 0.6 is 22.7 Å². The smallest absolute Gasteiger partial charge is 0.304 e. The van der Waals surface area contributed by atoms with E-state index in [9.17, 15) is 4.79 Å². The molecule has 0 aliphatic heterocycles. The second kappa shape index (κ2) is 4.31. The summed E-state index contributed by atoms with van der Waals surface area (Å²) in [4.78, 5) is 18.2. The molecule has 3 aromatic rings. The number of nitrogens with one attached hydrogen (secondary N) is 2. The summed E-state index contributed by atoms with van der Waals surface area (Å²) >= 11 is 2.79. The van der Waals surface area contributed by atoms with Crippen LogP contribution in [0.25, 0.3) is 10.2 Å². The zero-order valence-electron chi connectivity index (χ0n) is 8.77. The van der Waals surface area contributed by atoms with Crippen molar-refractivity contribution < 1.29 is 0 Å². The highest BCUT2D eigenvalue weighted by Crippen LogP contribution is 2.25. The van der Waals surface area contributed by atoms with Gasteiger partial charge in [-0.2, -0.15) is 0 Å². The van der Waals surface area contributed by atoms with Crippen molar-refractivity contribution in [2.24, 2.45) is 0 Å². The van der Waals surface area contributed by atoms with Crippen molar-refractivity contribution in [1.29, 1.82) is 0 Å². The summed E-state index contributed by atoms with van der Waals surface area (Å²) in [6, 6.07) is 8.01. The Labute approximate surface area is 105 Å². The van der Waals surface area contributed by atoms with Crippen LogP contribution in [0.1, 0.15) is 5.69 Å². The number of fused-ring (bicyclic) bond motifs is 1. The highest BCUT2D eigenvalue weighted by Gasteiger charge is 2.03. The van der Waals surface area contributed by atoms with E-state index in [-0.39, 0.29) is 4.87 Å². The van der Waals surface area contributed by atoms with E-state index in [4.69, 9.17) is 0 Å². The lowest BCUT2D eigenvalue weighted by Crippen LogP contribution is -2.02. The van der Waals surface area contributed by atoms with Crippen molar-refractivity contribution in [3.63, 3.8) is 0 Å². The fraction of sp³-hybridized carbons (Fsp3) is 0.0909. The minimum atomic E-state index is -0.0221. The first kappa shape index (κ1) is 10.5. The molecule has 1 aromatic carbocycles. The standard InChI is InChI=1S/C11H9N3OS2/c15-11-13-7(6-16-11)5-12-10-14-8-3-1-2-4-9(8)17-10/h1-4,6H,5H2,(H,12,14)(H,13,15). The SMILES string of the molecule is O=c1[nH]c(CNc2nc3ccccc3s2)cs1. The van der Waals surface area contributed by atoms with Gasteiger partial charge in [0.1, 0.15) is 0 Å². The van der Waals surface area contributed by atoms with Gasteiger partial charge in [0.15, 0.2) is 5.13 Å². The van der Waals surface area contributed by atoms with Crippen molar-refractivity contribution in [3.05, 3.63) is 45.0 Å². The number of aromatic nitrogens is 2. The number of nitrogens with zero attached hydrogens (tertiary/aromatic N) is 1. The van der Waals surface area contributed by atoms with Crippen LogP contribution in [0.3, 0.4) is 0 Å². The predicted octanol–water partition coefficient (Wildman–Crippen LogP) is 2.66. The fourth-order valence-electron chi connectivity index (χ4n) is 1.52. The number of H-pyrrole nitrogens is 1. The van der Waals surface area contributed by atoms with Crippen molar-refractivity contribution >= 4 is 38.0 Å². The van der Waals surface area contributed by atoms with Crippen LogP contribution < -0.4 is 10.2 Å². The lowest BCUT2D eigenvalue weighted by atomic mass is 10.3. The molecule has 2 N–H and O–H groups in total. The zero-order chi connectivity index (χ0) is 11.7. The van der Waals surface area contributed by atoms with E-state index in [2.05, 4.69) is 15.3 Å². The van der Waals surface area contributed by atoms with Crippen molar-refractivity contribution in [2.45, 2.75) is 6.54 Å². The van der Waals surface area contributed by atoms with E-state index in [0.717, 1.165) is 21.0 Å². The lowest BCUT2D eigenvalue weighted by Gasteiger charge is -1.97. The Kier molecular flexibility index (Phi) is 2.66. The van der Waals surface area contributed by atoms with Gasteiger partial charge in [-0.3, -0.25) is 4.79 Å². The summed E-state index contributed by atoms with van der Waals surface area (Å²) in [5, 5.41) is 5.90. The molecular formula is C11H9N3OS2. The van der Waals surface area contributed by atoms with Crippen LogP contribution in [0.4, 0.5) is 5.13 Å². The molecule has 2 heterocycles. The number of anilines is 1. The fourth-order valence-corrected chi connectivity index (χ4v) is 2.96. The van der Waals surface area contributed by atoms with Gasteiger partial charge in [-0.15, -0.1) is 0 Å². The van der Waals surface area contributed by atoms with Gasteiger partial charge in [0, 0.05) is 11.1 Å². The highest BCUT2D eigenvalue weighted by atomic mass is 32.1. The van der Waals surface area contributed by atoms with E-state index < -0.39 is 0 Å². The Morgan fingerprint density at radius 2 is 2.24 bits per heavy atom. The minimum Gasteiger partial charge on any atom is -0.356 e. The molecule has 6 heteroatoms. The molecule has 0 amide bonds. The molecule has 0 aliphatic carbocycles. The van der Waals surface area contributed by atoms with Gasteiger partial charge in [-0.1, -0.05) is 34.8 Å². The Morgan fingerprint density at radius 3 is 3.00 bits per heavy atom. The summed E-state index contributed by atoms with van der Waals surface area (Å²) in [5.74, 6) is 0. The molecule has 0 saturated heterocycles. The maximum Gasteiger partial charge on any atom is 0.304 e. The van der Waals surface area contributed by atoms with Gasteiger partial charge in [0.05, 0.1) is 16.8 Å². The molecule has 2 aromatic heterocycles. The van der Waals surface area contributed by atoms with Crippen LogP contribution in [-0.2, 0) is 6.54 Å². The topological polar surface area (TPSA) is 57.8 Å². The predicted molar refractivity (Wildman–Crippen MR) is 71.9 cm³/mol. The number of thiazole rings is 2. The average molecular weight is 263 g/mol. The molecule has 0 aliphatic rings. The summed E-state index contributed by atoms with van der Waals surface area (Å²) in [7, 11) is 0. The molecule has 4 nitrogen and oxygen atoms in total. The average Bonchev–Trinajstić information content (AvgIpc) is 2.91. The first-order chi connectivity index (χ1) is 8.31. The summed E-state index contributed by atoms with van der Waals surface area (Å²) in [6.45, 7) is 0.596. The molecule has 0 unspecified atom stereocenters. The Balaban J connectivity index is 1.78. The summed E-state index contributed by atoms with van der Waals surface area (Å²) < 4.78 is 1.16. The molecule has 86 valence electrons. The molecule has 3 rings (SSSR count). The van der Waals surface area contributed by atoms with Crippen LogP contribution in [-0.4, -0.2) is 9.97 Å². The Morgan fingerprint density at radius 1 is 1.35 bits per heavy atom. The summed E-state index contributed by atoms with van der Waals surface area (Å²) in [6.07, 6.45) is 0. The third-order valence-corrected chi connectivity index (χ3v) is 4.01. The molecule has 0 bridgehead atoms. The van der Waals surface area contributed by atoms with Gasteiger partial charge in [0.25, 0.3) is 0 Å². The molecule has 0 fully saturated rings. The molecule has 0 atom stereocenters. The number of rotatable bonds is 3. The van der Waals surface area contributed by atoms with Crippen molar-refractivity contribution in [2.75, 3.05) is 5.32 Å². The maximum absolute atomic E-state index is 11.0. The number of aromatic amines is 1. The second-order valence-electron chi connectivity index (χ2n) is 3.51. The van der Waals surface area contributed by atoms with Gasteiger partial charge in [0.2, 0.25) is 0 Å². The number of hydrogen-bond donors (Lipinski definition) is 2. The van der Waals surface area contributed by atoms with E-state index in [1.807, 2.05) is 29.6 Å². The van der Waals surface area contributed by atoms with Gasteiger partial charge < -0.3 is 10.3 Å². The normalized spacial score (nSPS) is 10.8. The van der Waals surface area contributed by atoms with Crippen molar-refractivity contribution in [3.8, 4) is 0 Å². The number of hydrogen-bond acceptors (Lipinski definition) is 5. The second-order valence-corrected chi connectivity index (χ2v) is 5.39. The number of benzene rings is 1. The number of para-hydroxylation sites is 1. The first-order valence-corrected chi connectivity index (χ1v) is 6.77. The monoisotopic (exact) mass is 263 g/mol. The third-order valence-electron chi connectivity index (χ3n) is 2.29. The minimum absolute atomic E-state index is 0.0221. The quantitative estimate of drug-likeness (QED) is 0.763. The van der Waals surface area contributed by atoms with Gasteiger partial charge in [-0.25, -0.2) is 4.98 Å². The highest BCUT2D eigenvalue weighted by molar-refractivity contribution is 7.22. The lowest BCUT2D eigenvalue weighted by molar-refractivity contribution is 1.05.